The molecule has 32 heavy (non-hydrogen) atoms. The van der Waals surface area contributed by atoms with E-state index in [2.05, 4.69) is 32.2 Å². The largest absolute Gasteiger partial charge is 0.454 e. The van der Waals surface area contributed by atoms with Gasteiger partial charge in [0.2, 0.25) is 12.7 Å². The van der Waals surface area contributed by atoms with Crippen LogP contribution in [0, 0.1) is 0 Å². The van der Waals surface area contributed by atoms with E-state index < -0.39 is 0 Å². The van der Waals surface area contributed by atoms with Crippen molar-refractivity contribution in [3.8, 4) is 11.5 Å². The maximum atomic E-state index is 12.3. The molecule has 2 aromatic carbocycles. The summed E-state index contributed by atoms with van der Waals surface area (Å²) in [6, 6.07) is 15.9. The van der Waals surface area contributed by atoms with Gasteiger partial charge in [0.05, 0.1) is 6.54 Å². The average Bonchev–Trinajstić information content (AvgIpc) is 3.49. The van der Waals surface area contributed by atoms with Crippen molar-refractivity contribution in [1.29, 1.82) is 0 Å². The Morgan fingerprint density at radius 3 is 2.47 bits per heavy atom. The van der Waals surface area contributed by atoms with Crippen molar-refractivity contribution in [2.75, 3.05) is 33.0 Å². The molecular weight excluding hydrogens is 408 g/mol. The second kappa shape index (κ2) is 9.42. The number of hydrogen-bond acceptors (Lipinski definition) is 7. The fraction of sp³-hybridized carbons (Fsp3) is 0.333. The van der Waals surface area contributed by atoms with Crippen LogP contribution in [0.25, 0.3) is 0 Å². The minimum Gasteiger partial charge on any atom is -0.454 e. The van der Waals surface area contributed by atoms with Gasteiger partial charge in [0.25, 0.3) is 5.91 Å². The Kier molecular flexibility index (Phi) is 6.04. The van der Waals surface area contributed by atoms with Gasteiger partial charge in [-0.05, 0) is 23.3 Å². The highest BCUT2D eigenvalue weighted by atomic mass is 16.7. The van der Waals surface area contributed by atoms with Gasteiger partial charge in [-0.3, -0.25) is 14.6 Å². The zero-order valence-corrected chi connectivity index (χ0v) is 17.8. The first-order chi connectivity index (χ1) is 15.7. The van der Waals surface area contributed by atoms with Gasteiger partial charge >= 0.3 is 0 Å². The van der Waals surface area contributed by atoms with E-state index in [1.807, 2.05) is 36.4 Å². The highest BCUT2D eigenvalue weighted by Gasteiger charge is 2.21. The fourth-order valence-electron chi connectivity index (χ4n) is 3.95. The lowest BCUT2D eigenvalue weighted by Crippen LogP contribution is -2.45. The van der Waals surface area contributed by atoms with Crippen molar-refractivity contribution in [2.45, 2.75) is 19.6 Å². The minimum atomic E-state index is -0.225. The lowest BCUT2D eigenvalue weighted by atomic mass is 10.1. The third-order valence-electron chi connectivity index (χ3n) is 5.75. The number of benzene rings is 2. The van der Waals surface area contributed by atoms with Crippen LogP contribution in [0.4, 0.5) is 0 Å². The molecule has 3 heterocycles. The molecule has 8 nitrogen and oxygen atoms in total. The Labute approximate surface area is 186 Å². The summed E-state index contributed by atoms with van der Waals surface area (Å²) in [6.45, 7) is 6.00. The fourth-order valence-corrected chi connectivity index (χ4v) is 3.95. The maximum absolute atomic E-state index is 12.3. The molecule has 0 unspecified atom stereocenters. The quantitative estimate of drug-likeness (QED) is 0.612. The first kappa shape index (κ1) is 20.5. The molecule has 2 aliphatic rings. The Morgan fingerprint density at radius 1 is 0.906 bits per heavy atom. The number of fused-ring (bicyclic) bond motifs is 1. The molecule has 0 bridgehead atoms. The predicted octanol–water partition coefficient (Wildman–Crippen LogP) is 2.65. The van der Waals surface area contributed by atoms with E-state index >= 15 is 0 Å². The molecule has 8 heteroatoms. The third-order valence-corrected chi connectivity index (χ3v) is 5.75. The second-order valence-corrected chi connectivity index (χ2v) is 8.03. The predicted molar refractivity (Wildman–Crippen MR) is 117 cm³/mol. The molecule has 1 amide bonds. The van der Waals surface area contributed by atoms with Crippen LogP contribution in [-0.2, 0) is 19.6 Å². The molecule has 0 radical (unpaired) electrons. The van der Waals surface area contributed by atoms with Crippen LogP contribution in [-0.4, -0.2) is 53.7 Å². The summed E-state index contributed by atoms with van der Waals surface area (Å²) in [5.74, 6) is 1.99. The van der Waals surface area contributed by atoms with Crippen molar-refractivity contribution in [3.05, 3.63) is 77.5 Å². The molecule has 3 aromatic rings. The molecule has 5 rings (SSSR count). The van der Waals surface area contributed by atoms with Crippen molar-refractivity contribution in [3.63, 3.8) is 0 Å². The number of hydrogen-bond donors (Lipinski definition) is 1. The molecule has 1 fully saturated rings. The van der Waals surface area contributed by atoms with Crippen molar-refractivity contribution < 1.29 is 18.7 Å². The summed E-state index contributed by atoms with van der Waals surface area (Å²) in [4.78, 5) is 21.4. The van der Waals surface area contributed by atoms with Gasteiger partial charge in [-0.1, -0.05) is 36.4 Å². The van der Waals surface area contributed by atoms with Crippen molar-refractivity contribution >= 4 is 5.91 Å². The van der Waals surface area contributed by atoms with E-state index in [4.69, 9.17) is 13.9 Å². The lowest BCUT2D eigenvalue weighted by Gasteiger charge is -2.34. The van der Waals surface area contributed by atoms with Gasteiger partial charge in [0.15, 0.2) is 17.2 Å². The number of amides is 1. The SMILES string of the molecule is O=C(NCc1ccccc1)c1coc(CN2CCN(Cc3ccc4c(c3)OCO4)CC2)n1. The van der Waals surface area contributed by atoms with Crippen molar-refractivity contribution in [1.82, 2.24) is 20.1 Å². The Morgan fingerprint density at radius 2 is 1.66 bits per heavy atom. The molecule has 2 aliphatic heterocycles. The summed E-state index contributed by atoms with van der Waals surface area (Å²) in [5.41, 5.74) is 2.59. The third kappa shape index (κ3) is 4.92. The van der Waals surface area contributed by atoms with Crippen LogP contribution in [0.2, 0.25) is 0 Å². The van der Waals surface area contributed by atoms with Crippen LogP contribution in [0.1, 0.15) is 27.5 Å². The Bertz CT molecular complexity index is 1060. The van der Waals surface area contributed by atoms with E-state index in [1.54, 1.807) is 0 Å². The number of oxazole rings is 1. The monoisotopic (exact) mass is 434 g/mol. The molecule has 166 valence electrons. The van der Waals surface area contributed by atoms with Crippen LogP contribution < -0.4 is 14.8 Å². The molecule has 1 saturated heterocycles. The van der Waals surface area contributed by atoms with Gasteiger partial charge < -0.3 is 19.2 Å². The van der Waals surface area contributed by atoms with Crippen molar-refractivity contribution in [2.24, 2.45) is 0 Å². The Hall–Kier alpha value is -3.36. The number of carbonyl (C=O) groups is 1. The molecular formula is C24H26N4O4. The number of nitrogens with one attached hydrogen (secondary N) is 1. The van der Waals surface area contributed by atoms with Gasteiger partial charge in [-0.25, -0.2) is 4.98 Å². The lowest BCUT2D eigenvalue weighted by molar-refractivity contribution is 0.0945. The number of piperazine rings is 1. The molecule has 0 spiro atoms. The topological polar surface area (TPSA) is 80.1 Å². The molecule has 0 saturated carbocycles. The van der Waals surface area contributed by atoms with E-state index in [9.17, 15) is 4.79 Å². The normalized spacial score (nSPS) is 16.2. The standard InChI is InChI=1S/C24H26N4O4/c29-24(25-13-18-4-2-1-3-5-18)20-16-30-23(26-20)15-28-10-8-27(9-11-28)14-19-6-7-21-22(12-19)32-17-31-21/h1-7,12,16H,8-11,13-15,17H2,(H,25,29). The molecule has 0 aliphatic carbocycles. The average molecular weight is 434 g/mol. The van der Waals surface area contributed by atoms with Gasteiger partial charge in [-0.2, -0.15) is 0 Å². The minimum absolute atomic E-state index is 0.225. The summed E-state index contributed by atoms with van der Waals surface area (Å²) in [7, 11) is 0. The summed E-state index contributed by atoms with van der Waals surface area (Å²) < 4.78 is 16.4. The van der Waals surface area contributed by atoms with Gasteiger partial charge in [-0.15, -0.1) is 0 Å². The van der Waals surface area contributed by atoms with Gasteiger partial charge in [0.1, 0.15) is 6.26 Å². The number of aromatic nitrogens is 1. The second-order valence-electron chi connectivity index (χ2n) is 8.03. The summed E-state index contributed by atoms with van der Waals surface area (Å²) in [6.07, 6.45) is 1.44. The first-order valence-corrected chi connectivity index (χ1v) is 10.8. The van der Waals surface area contributed by atoms with E-state index in [0.717, 1.165) is 49.8 Å². The number of nitrogens with zero attached hydrogens (tertiary/aromatic N) is 3. The smallest absolute Gasteiger partial charge is 0.273 e. The molecule has 0 atom stereocenters. The van der Waals surface area contributed by atoms with Crippen LogP contribution in [0.5, 0.6) is 11.5 Å². The molecule has 1 aromatic heterocycles. The number of ether oxygens (including phenoxy) is 2. The number of carbonyl (C=O) groups excluding carboxylic acids is 1. The Balaban J connectivity index is 1.08. The summed E-state index contributed by atoms with van der Waals surface area (Å²) >= 11 is 0. The van der Waals surface area contributed by atoms with Crippen LogP contribution >= 0.6 is 0 Å². The maximum Gasteiger partial charge on any atom is 0.273 e. The zero-order valence-electron chi connectivity index (χ0n) is 17.8. The van der Waals surface area contributed by atoms with E-state index in [1.165, 1.54) is 11.8 Å². The highest BCUT2D eigenvalue weighted by molar-refractivity contribution is 5.91. The van der Waals surface area contributed by atoms with Crippen LogP contribution in [0.15, 0.2) is 59.2 Å². The number of rotatable bonds is 7. The van der Waals surface area contributed by atoms with Gasteiger partial charge in [0, 0.05) is 39.3 Å². The first-order valence-electron chi connectivity index (χ1n) is 10.8. The van der Waals surface area contributed by atoms with E-state index in [-0.39, 0.29) is 5.91 Å². The highest BCUT2D eigenvalue weighted by Crippen LogP contribution is 2.32. The molecule has 1 N–H and O–H groups in total. The van der Waals surface area contributed by atoms with Crippen LogP contribution in [0.3, 0.4) is 0 Å². The van der Waals surface area contributed by atoms with E-state index in [0.29, 0.717) is 31.5 Å². The zero-order chi connectivity index (χ0) is 21.8. The summed E-state index contributed by atoms with van der Waals surface area (Å²) in [5, 5.41) is 2.88.